The number of carbonyl (C=O) groups excluding carboxylic acids is 1. The number of hydroxylamine groups is 2. The summed E-state index contributed by atoms with van der Waals surface area (Å²) in [4.78, 5) is 18.4. The fraction of sp³-hybridized carbons (Fsp3) is 0.643. The van der Waals surface area contributed by atoms with E-state index in [-0.39, 0.29) is 17.0 Å². The average Bonchev–Trinajstić information content (AvgIpc) is 3.15. The first-order chi connectivity index (χ1) is 17.1. The average molecular weight is 536 g/mol. The molecule has 0 aliphatic carbocycles. The molecule has 1 aromatic rings. The molecule has 0 saturated carbocycles. The second kappa shape index (κ2) is 12.7. The number of rotatable bonds is 12. The first kappa shape index (κ1) is 31.2. The number of amides is 1. The van der Waals surface area contributed by atoms with Crippen molar-refractivity contribution in [2.45, 2.75) is 96.0 Å². The summed E-state index contributed by atoms with van der Waals surface area (Å²) in [6.45, 7) is 18.6. The smallest absolute Gasteiger partial charge is 0.277 e. The van der Waals surface area contributed by atoms with Crippen molar-refractivity contribution in [1.82, 2.24) is 5.06 Å². The van der Waals surface area contributed by atoms with E-state index in [9.17, 15) is 4.79 Å². The van der Waals surface area contributed by atoms with Crippen LogP contribution in [0.2, 0.25) is 18.1 Å². The quantitative estimate of drug-likeness (QED) is 0.206. The van der Waals surface area contributed by atoms with Gasteiger partial charge in [-0.3, -0.25) is 9.63 Å². The molecule has 4 atom stereocenters. The predicted octanol–water partition coefficient (Wildman–Crippen LogP) is 5.24. The Morgan fingerprint density at radius 2 is 1.84 bits per heavy atom. The lowest BCUT2D eigenvalue weighted by atomic mass is 10.0. The summed E-state index contributed by atoms with van der Waals surface area (Å²) in [7, 11) is 2.35. The van der Waals surface area contributed by atoms with E-state index in [4.69, 9.17) is 28.2 Å². The molecule has 1 amide bonds. The van der Waals surface area contributed by atoms with Gasteiger partial charge in [0.2, 0.25) is 0 Å². The van der Waals surface area contributed by atoms with Gasteiger partial charge in [-0.1, -0.05) is 39.5 Å². The van der Waals surface area contributed by atoms with Crippen LogP contribution in [0.4, 0.5) is 0 Å². The number of methoxy groups -OCH3 is 1. The molecule has 8 nitrogen and oxygen atoms in total. The molecule has 0 bridgehead atoms. The van der Waals surface area contributed by atoms with E-state index in [1.54, 1.807) is 34.1 Å². The number of nitrogens with zero attached hydrogens (tertiary/aromatic N) is 1. The van der Waals surface area contributed by atoms with Gasteiger partial charge < -0.3 is 23.4 Å². The number of likely N-dealkylation sites (N-methyl/N-ethyl adjacent to an activating group) is 1. The highest BCUT2D eigenvalue weighted by Crippen LogP contribution is 2.41. The summed E-state index contributed by atoms with van der Waals surface area (Å²) < 4.78 is 30.8. The Bertz CT molecular complexity index is 935. The Morgan fingerprint density at radius 3 is 2.35 bits per heavy atom. The number of hydrogen-bond acceptors (Lipinski definition) is 7. The first-order valence-electron chi connectivity index (χ1n) is 12.6. The second-order valence-corrected chi connectivity index (χ2v) is 16.0. The lowest BCUT2D eigenvalue weighted by Crippen LogP contribution is -2.53. The number of ether oxygens (including phenoxy) is 4. The molecule has 0 aromatic heterocycles. The molecular weight excluding hydrogens is 490 g/mol. The van der Waals surface area contributed by atoms with Gasteiger partial charge in [0.15, 0.2) is 20.2 Å². The van der Waals surface area contributed by atoms with Crippen LogP contribution in [0.25, 0.3) is 0 Å². The molecule has 0 N–H and O–H groups in total. The van der Waals surface area contributed by atoms with Gasteiger partial charge in [0.1, 0.15) is 11.9 Å². The summed E-state index contributed by atoms with van der Waals surface area (Å²) in [6.07, 6.45) is -0.227. The zero-order valence-electron chi connectivity index (χ0n) is 24.1. The van der Waals surface area contributed by atoms with Crippen molar-refractivity contribution in [2.75, 3.05) is 21.3 Å². The van der Waals surface area contributed by atoms with Gasteiger partial charge in [0.05, 0.1) is 33.0 Å². The summed E-state index contributed by atoms with van der Waals surface area (Å²) in [6, 6.07) is 7.72. The van der Waals surface area contributed by atoms with E-state index in [2.05, 4.69) is 46.2 Å². The van der Waals surface area contributed by atoms with Crippen LogP contribution >= 0.6 is 0 Å². The van der Waals surface area contributed by atoms with Crippen LogP contribution in [-0.4, -0.2) is 70.8 Å². The van der Waals surface area contributed by atoms with Crippen LogP contribution in [0.15, 0.2) is 42.7 Å². The highest BCUT2D eigenvalue weighted by molar-refractivity contribution is 6.74. The van der Waals surface area contributed by atoms with Crippen LogP contribution in [0.1, 0.15) is 46.6 Å². The summed E-state index contributed by atoms with van der Waals surface area (Å²) in [5.74, 6) is -0.522. The normalized spacial score (nSPS) is 21.1. The van der Waals surface area contributed by atoms with Crippen LogP contribution in [0.3, 0.4) is 0 Å². The lowest BCUT2D eigenvalue weighted by molar-refractivity contribution is -0.187. The second-order valence-electron chi connectivity index (χ2n) is 11.3. The van der Waals surface area contributed by atoms with Gasteiger partial charge in [-0.25, -0.2) is 5.06 Å². The Hall–Kier alpha value is -1.97. The zero-order chi connectivity index (χ0) is 28.0. The zero-order valence-corrected chi connectivity index (χ0v) is 25.1. The molecule has 37 heavy (non-hydrogen) atoms. The predicted molar refractivity (Wildman–Crippen MR) is 146 cm³/mol. The molecule has 9 heteroatoms. The molecule has 208 valence electrons. The largest absolute Gasteiger partial charge is 0.497 e. The molecule has 1 fully saturated rings. The molecule has 1 aromatic carbocycles. The molecule has 2 rings (SSSR count). The maximum Gasteiger partial charge on any atom is 0.277 e. The third-order valence-corrected chi connectivity index (χ3v) is 11.5. The van der Waals surface area contributed by atoms with E-state index in [0.717, 1.165) is 16.4 Å². The van der Waals surface area contributed by atoms with E-state index in [0.29, 0.717) is 13.0 Å². The van der Waals surface area contributed by atoms with Crippen LogP contribution < -0.4 is 4.74 Å². The third-order valence-electron chi connectivity index (χ3n) is 6.97. The van der Waals surface area contributed by atoms with Gasteiger partial charge in [-0.05, 0) is 55.8 Å². The van der Waals surface area contributed by atoms with Gasteiger partial charge in [0, 0.05) is 13.5 Å². The fourth-order valence-electron chi connectivity index (χ4n) is 3.80. The van der Waals surface area contributed by atoms with E-state index >= 15 is 0 Å². The van der Waals surface area contributed by atoms with E-state index < -0.39 is 32.4 Å². The lowest BCUT2D eigenvalue weighted by Gasteiger charge is -2.41. The van der Waals surface area contributed by atoms with Crippen molar-refractivity contribution in [1.29, 1.82) is 0 Å². The molecule has 0 radical (unpaired) electrons. The van der Waals surface area contributed by atoms with Gasteiger partial charge >= 0.3 is 0 Å². The van der Waals surface area contributed by atoms with Gasteiger partial charge in [-0.2, -0.15) is 0 Å². The summed E-state index contributed by atoms with van der Waals surface area (Å²) in [5.41, 5.74) is 3.86. The maximum atomic E-state index is 13.2. The highest BCUT2D eigenvalue weighted by atomic mass is 28.4. The first-order valence-corrected chi connectivity index (χ1v) is 15.5. The molecule has 1 aliphatic heterocycles. The minimum absolute atomic E-state index is 0.0587. The molecule has 1 saturated heterocycles. The van der Waals surface area contributed by atoms with E-state index in [1.165, 1.54) is 7.11 Å². The van der Waals surface area contributed by atoms with Gasteiger partial charge in [0.25, 0.3) is 5.91 Å². The van der Waals surface area contributed by atoms with E-state index in [1.807, 2.05) is 24.3 Å². The van der Waals surface area contributed by atoms with Crippen molar-refractivity contribution >= 4 is 14.2 Å². The van der Waals surface area contributed by atoms with Crippen LogP contribution in [-0.2, 0) is 34.9 Å². The van der Waals surface area contributed by atoms with Crippen molar-refractivity contribution in [3.63, 3.8) is 0 Å². The van der Waals surface area contributed by atoms with Crippen LogP contribution in [0, 0.1) is 0 Å². The third kappa shape index (κ3) is 8.51. The van der Waals surface area contributed by atoms with Crippen molar-refractivity contribution in [3.05, 3.63) is 48.2 Å². The fourth-order valence-corrected chi connectivity index (χ4v) is 5.14. The minimum Gasteiger partial charge on any atom is -0.497 e. The van der Waals surface area contributed by atoms with Crippen LogP contribution in [0.5, 0.6) is 5.75 Å². The monoisotopic (exact) mass is 535 g/mol. The number of carbonyl (C=O) groups is 1. The Balaban J connectivity index is 2.36. The molecule has 1 aliphatic rings. The molecule has 0 spiro atoms. The standard InChI is InChI=1S/C28H45NO7Si/c1-12-13-22(33-19-20-14-16-21(31-8)17-15-20)18-23(36-37(10,11)27(2,3)4)24-25(26(30)29(7)32-9)35-28(5,6)34-24/h13-17,22-25H,1,18-19H2,2-11H3/t22-,23-,24-,25-/m0/s1. The summed E-state index contributed by atoms with van der Waals surface area (Å²) in [5, 5.41) is 1.10. The Kier molecular flexibility index (Phi) is 10.7. The SMILES string of the molecule is C=C=C[C@@H](C[C@H](O[Si](C)(C)C(C)(C)C)[C@@H]1OC(C)(C)O[C@@H]1C(=O)N(C)OC)OCc1ccc(OC)cc1. The number of hydrogen-bond donors (Lipinski definition) is 0. The number of benzene rings is 1. The Labute approximate surface area is 223 Å². The highest BCUT2D eigenvalue weighted by Gasteiger charge is 2.52. The summed E-state index contributed by atoms with van der Waals surface area (Å²) >= 11 is 0. The molecular formula is C28H45NO7Si. The van der Waals surface area contributed by atoms with Gasteiger partial charge in [-0.15, -0.1) is 5.73 Å². The van der Waals surface area contributed by atoms with Crippen molar-refractivity contribution in [3.8, 4) is 5.75 Å². The van der Waals surface area contributed by atoms with Crippen molar-refractivity contribution < 1.29 is 33.0 Å². The molecule has 0 unspecified atom stereocenters. The minimum atomic E-state index is -2.28. The Morgan fingerprint density at radius 1 is 1.22 bits per heavy atom. The molecule has 1 heterocycles. The topological polar surface area (TPSA) is 75.7 Å². The maximum absolute atomic E-state index is 13.2. The van der Waals surface area contributed by atoms with Crippen molar-refractivity contribution in [2.24, 2.45) is 0 Å².